The third kappa shape index (κ3) is 3.10. The molecule has 5 heteroatoms. The fourth-order valence-electron chi connectivity index (χ4n) is 2.53. The Morgan fingerprint density at radius 1 is 1.37 bits per heavy atom. The van der Waals surface area contributed by atoms with E-state index in [4.69, 9.17) is 0 Å². The van der Waals surface area contributed by atoms with Crippen molar-refractivity contribution in [1.29, 1.82) is 0 Å². The molecule has 1 fully saturated rings. The van der Waals surface area contributed by atoms with E-state index in [1.807, 2.05) is 0 Å². The van der Waals surface area contributed by atoms with Gasteiger partial charge in [0.2, 0.25) is 5.91 Å². The molecular formula is C14H18F2N2O. The zero-order chi connectivity index (χ0) is 14.0. The molecule has 0 aliphatic carbocycles. The van der Waals surface area contributed by atoms with Crippen LogP contribution >= 0.6 is 0 Å². The monoisotopic (exact) mass is 268 g/mol. The summed E-state index contributed by atoms with van der Waals surface area (Å²) in [7, 11) is 3.40. The number of likely N-dealkylation sites (N-methyl/N-ethyl adjacent to an activating group) is 1. The third-order valence-corrected chi connectivity index (χ3v) is 3.54. The first-order valence-corrected chi connectivity index (χ1v) is 6.38. The fourth-order valence-corrected chi connectivity index (χ4v) is 2.53. The minimum absolute atomic E-state index is 0.00720. The number of amides is 1. The second kappa shape index (κ2) is 5.65. The van der Waals surface area contributed by atoms with Crippen molar-refractivity contribution in [2.24, 2.45) is 0 Å². The number of nitrogens with one attached hydrogen (secondary N) is 1. The molecule has 1 N–H and O–H groups in total. The molecule has 2 atom stereocenters. The smallest absolute Gasteiger partial charge is 0.239 e. The van der Waals surface area contributed by atoms with Crippen molar-refractivity contribution < 1.29 is 13.6 Å². The van der Waals surface area contributed by atoms with E-state index >= 15 is 0 Å². The summed E-state index contributed by atoms with van der Waals surface area (Å²) in [6.07, 6.45) is 1.29. The highest BCUT2D eigenvalue weighted by atomic mass is 19.1. The Bertz CT molecular complexity index is 477. The molecular weight excluding hydrogens is 250 g/mol. The average Bonchev–Trinajstić information content (AvgIpc) is 2.38. The van der Waals surface area contributed by atoms with E-state index < -0.39 is 11.6 Å². The molecule has 2 rings (SSSR count). The van der Waals surface area contributed by atoms with Crippen LogP contribution < -0.4 is 5.32 Å². The van der Waals surface area contributed by atoms with E-state index in [9.17, 15) is 13.6 Å². The van der Waals surface area contributed by atoms with E-state index in [-0.39, 0.29) is 17.9 Å². The molecule has 2 unspecified atom stereocenters. The van der Waals surface area contributed by atoms with E-state index in [1.54, 1.807) is 14.1 Å². The molecule has 0 spiro atoms. The van der Waals surface area contributed by atoms with Crippen molar-refractivity contribution in [2.45, 2.75) is 24.8 Å². The van der Waals surface area contributed by atoms with Gasteiger partial charge < -0.3 is 10.2 Å². The molecule has 104 valence electrons. The molecule has 1 aromatic carbocycles. The van der Waals surface area contributed by atoms with Crippen LogP contribution in [0, 0.1) is 11.6 Å². The van der Waals surface area contributed by atoms with Gasteiger partial charge in [-0.3, -0.25) is 4.79 Å². The molecule has 1 aliphatic heterocycles. The topological polar surface area (TPSA) is 32.3 Å². The number of hydrogen-bond donors (Lipinski definition) is 1. The summed E-state index contributed by atoms with van der Waals surface area (Å²) in [5.74, 6) is -1.15. The van der Waals surface area contributed by atoms with Crippen LogP contribution in [0.1, 0.15) is 24.3 Å². The molecule has 0 saturated carbocycles. The Hall–Kier alpha value is -1.49. The third-order valence-electron chi connectivity index (χ3n) is 3.54. The molecule has 0 bridgehead atoms. The number of hydrogen-bond acceptors (Lipinski definition) is 2. The van der Waals surface area contributed by atoms with Crippen LogP contribution in [-0.2, 0) is 4.79 Å². The lowest BCUT2D eigenvalue weighted by Gasteiger charge is -2.31. The van der Waals surface area contributed by atoms with Gasteiger partial charge in [-0.2, -0.15) is 0 Å². The Morgan fingerprint density at radius 3 is 2.74 bits per heavy atom. The summed E-state index contributed by atoms with van der Waals surface area (Å²) < 4.78 is 26.7. The van der Waals surface area contributed by atoms with Crippen molar-refractivity contribution in [3.63, 3.8) is 0 Å². The predicted octanol–water partition coefficient (Wildman–Crippen LogP) is 1.89. The fraction of sp³-hybridized carbons (Fsp3) is 0.500. The Labute approximate surface area is 111 Å². The Balaban J connectivity index is 2.15. The van der Waals surface area contributed by atoms with Gasteiger partial charge in [0, 0.05) is 20.2 Å². The molecule has 0 radical (unpaired) electrons. The highest BCUT2D eigenvalue weighted by Crippen LogP contribution is 2.30. The molecule has 1 heterocycles. The Kier molecular flexibility index (Phi) is 4.14. The number of carbonyl (C=O) groups is 1. The van der Waals surface area contributed by atoms with Gasteiger partial charge in [-0.25, -0.2) is 8.78 Å². The predicted molar refractivity (Wildman–Crippen MR) is 68.8 cm³/mol. The van der Waals surface area contributed by atoms with Crippen molar-refractivity contribution in [1.82, 2.24) is 10.2 Å². The molecule has 1 saturated heterocycles. The number of piperidine rings is 1. The van der Waals surface area contributed by atoms with E-state index in [0.717, 1.165) is 12.5 Å². The summed E-state index contributed by atoms with van der Waals surface area (Å²) in [5.41, 5.74) is 0.499. The van der Waals surface area contributed by atoms with Crippen LogP contribution in [-0.4, -0.2) is 37.5 Å². The standard InChI is InChI=1S/C14H18F2N2O/c1-18(2)14(19)13-7-9(5-6-17-13)11-4-3-10(15)8-12(11)16/h3-4,8-9,13,17H,5-7H2,1-2H3. The first-order valence-electron chi connectivity index (χ1n) is 6.38. The second-order valence-corrected chi connectivity index (χ2v) is 5.13. The normalized spacial score (nSPS) is 23.2. The maximum atomic E-state index is 13.8. The van der Waals surface area contributed by atoms with Crippen LogP contribution in [0.15, 0.2) is 18.2 Å². The van der Waals surface area contributed by atoms with Gasteiger partial charge in [-0.05, 0) is 36.9 Å². The number of halogens is 2. The van der Waals surface area contributed by atoms with Crippen molar-refractivity contribution in [2.75, 3.05) is 20.6 Å². The summed E-state index contributed by atoms with van der Waals surface area (Å²) in [6, 6.07) is 3.36. The number of rotatable bonds is 2. The van der Waals surface area contributed by atoms with Gasteiger partial charge in [0.1, 0.15) is 11.6 Å². The van der Waals surface area contributed by atoms with Gasteiger partial charge in [-0.15, -0.1) is 0 Å². The SMILES string of the molecule is CN(C)C(=O)C1CC(c2ccc(F)cc2F)CCN1. The van der Waals surface area contributed by atoms with Crippen LogP contribution in [0.5, 0.6) is 0 Å². The first kappa shape index (κ1) is 13.9. The minimum Gasteiger partial charge on any atom is -0.347 e. The van der Waals surface area contributed by atoms with Crippen LogP contribution in [0.2, 0.25) is 0 Å². The zero-order valence-electron chi connectivity index (χ0n) is 11.1. The average molecular weight is 268 g/mol. The van der Waals surface area contributed by atoms with Gasteiger partial charge in [0.25, 0.3) is 0 Å². The van der Waals surface area contributed by atoms with Crippen LogP contribution in [0.25, 0.3) is 0 Å². The maximum absolute atomic E-state index is 13.8. The van der Waals surface area contributed by atoms with Crippen molar-refractivity contribution in [3.8, 4) is 0 Å². The van der Waals surface area contributed by atoms with Gasteiger partial charge in [-0.1, -0.05) is 6.07 Å². The van der Waals surface area contributed by atoms with Gasteiger partial charge >= 0.3 is 0 Å². The van der Waals surface area contributed by atoms with E-state index in [2.05, 4.69) is 5.32 Å². The summed E-state index contributed by atoms with van der Waals surface area (Å²) >= 11 is 0. The van der Waals surface area contributed by atoms with Crippen molar-refractivity contribution in [3.05, 3.63) is 35.4 Å². The molecule has 3 nitrogen and oxygen atoms in total. The summed E-state index contributed by atoms with van der Waals surface area (Å²) in [6.45, 7) is 0.658. The van der Waals surface area contributed by atoms with Gasteiger partial charge in [0.15, 0.2) is 0 Å². The summed E-state index contributed by atoms with van der Waals surface area (Å²) in [4.78, 5) is 13.5. The van der Waals surface area contributed by atoms with Crippen LogP contribution in [0.4, 0.5) is 8.78 Å². The van der Waals surface area contributed by atoms with Crippen LogP contribution in [0.3, 0.4) is 0 Å². The quantitative estimate of drug-likeness (QED) is 0.888. The second-order valence-electron chi connectivity index (χ2n) is 5.13. The lowest BCUT2D eigenvalue weighted by molar-refractivity contribution is -0.131. The number of carbonyl (C=O) groups excluding carboxylic acids is 1. The lowest BCUT2D eigenvalue weighted by Crippen LogP contribution is -2.47. The van der Waals surface area contributed by atoms with E-state index in [1.165, 1.54) is 17.0 Å². The highest BCUT2D eigenvalue weighted by molar-refractivity contribution is 5.81. The molecule has 1 aromatic rings. The number of nitrogens with zero attached hydrogens (tertiary/aromatic N) is 1. The molecule has 1 amide bonds. The molecule has 19 heavy (non-hydrogen) atoms. The van der Waals surface area contributed by atoms with Gasteiger partial charge in [0.05, 0.1) is 6.04 Å². The highest BCUT2D eigenvalue weighted by Gasteiger charge is 2.29. The molecule has 1 aliphatic rings. The van der Waals surface area contributed by atoms with Crippen molar-refractivity contribution >= 4 is 5.91 Å². The van der Waals surface area contributed by atoms with E-state index in [0.29, 0.717) is 18.5 Å². The summed E-state index contributed by atoms with van der Waals surface area (Å²) in [5, 5.41) is 3.14. The Morgan fingerprint density at radius 2 is 2.11 bits per heavy atom. The maximum Gasteiger partial charge on any atom is 0.239 e. The lowest BCUT2D eigenvalue weighted by atomic mass is 9.85. The minimum atomic E-state index is -0.573. The first-order chi connectivity index (χ1) is 8.99. The molecule has 0 aromatic heterocycles. The number of benzene rings is 1. The largest absolute Gasteiger partial charge is 0.347 e. The zero-order valence-corrected chi connectivity index (χ0v) is 11.1.